The molecule has 0 bridgehead atoms. The Morgan fingerprint density at radius 2 is 2.19 bits per heavy atom. The number of hydrogen-bond acceptors (Lipinski definition) is 2. The number of rotatable bonds is 2. The van der Waals surface area contributed by atoms with Crippen LogP contribution in [0.25, 0.3) is 0 Å². The molecule has 2 rings (SSSR count). The van der Waals surface area contributed by atoms with Gasteiger partial charge < -0.3 is 9.84 Å². The first-order valence-corrected chi connectivity index (χ1v) is 6.02. The molecule has 1 aromatic rings. The molecular formula is C14H20O2. The summed E-state index contributed by atoms with van der Waals surface area (Å²) in [5.74, 6) is 0.259. The highest BCUT2D eigenvalue weighted by Crippen LogP contribution is 2.34. The first-order chi connectivity index (χ1) is 7.72. The second kappa shape index (κ2) is 4.98. The summed E-state index contributed by atoms with van der Waals surface area (Å²) in [4.78, 5) is 0. The van der Waals surface area contributed by atoms with Crippen molar-refractivity contribution in [1.29, 1.82) is 0 Å². The average Bonchev–Trinajstić information content (AvgIpc) is 2.29. The molecule has 1 N–H and O–H groups in total. The Labute approximate surface area is 97.3 Å². The highest BCUT2D eigenvalue weighted by atomic mass is 16.5. The van der Waals surface area contributed by atoms with E-state index in [4.69, 9.17) is 4.74 Å². The predicted octanol–water partition coefficient (Wildman–Crippen LogP) is 2.76. The molecular weight excluding hydrogens is 200 g/mol. The van der Waals surface area contributed by atoms with Crippen molar-refractivity contribution in [3.8, 4) is 0 Å². The predicted molar refractivity (Wildman–Crippen MR) is 64.4 cm³/mol. The molecule has 88 valence electrons. The van der Waals surface area contributed by atoms with Gasteiger partial charge in [0.05, 0.1) is 6.10 Å². The van der Waals surface area contributed by atoms with Crippen LogP contribution in [-0.4, -0.2) is 18.3 Å². The van der Waals surface area contributed by atoms with Gasteiger partial charge in [0.15, 0.2) is 0 Å². The third-order valence-corrected chi connectivity index (χ3v) is 3.41. The van der Waals surface area contributed by atoms with Crippen molar-refractivity contribution in [2.75, 3.05) is 13.2 Å². The largest absolute Gasteiger partial charge is 0.396 e. The van der Waals surface area contributed by atoms with E-state index in [0.717, 1.165) is 19.4 Å². The van der Waals surface area contributed by atoms with Crippen LogP contribution < -0.4 is 0 Å². The second-order valence-electron chi connectivity index (χ2n) is 4.74. The summed E-state index contributed by atoms with van der Waals surface area (Å²) in [5.41, 5.74) is 3.78. The van der Waals surface area contributed by atoms with Gasteiger partial charge in [0.2, 0.25) is 0 Å². The fraction of sp³-hybridized carbons (Fsp3) is 0.571. The number of aliphatic hydroxyl groups excluding tert-OH is 1. The number of aliphatic hydroxyl groups is 1. The molecule has 1 aliphatic rings. The normalized spacial score (nSPS) is 25.7. The maximum Gasteiger partial charge on any atom is 0.0877 e. The van der Waals surface area contributed by atoms with Gasteiger partial charge in [0.1, 0.15) is 0 Å². The van der Waals surface area contributed by atoms with Crippen molar-refractivity contribution in [3.63, 3.8) is 0 Å². The molecule has 0 saturated carbocycles. The summed E-state index contributed by atoms with van der Waals surface area (Å²) in [6.07, 6.45) is 2.21. The van der Waals surface area contributed by atoms with Crippen molar-refractivity contribution >= 4 is 0 Å². The van der Waals surface area contributed by atoms with Gasteiger partial charge in [-0.25, -0.2) is 0 Å². The molecule has 1 saturated heterocycles. The molecule has 2 unspecified atom stereocenters. The molecule has 0 radical (unpaired) electrons. The van der Waals surface area contributed by atoms with Crippen LogP contribution in [0.15, 0.2) is 18.2 Å². The van der Waals surface area contributed by atoms with E-state index in [1.54, 1.807) is 0 Å². The number of ether oxygens (including phenoxy) is 1. The lowest BCUT2D eigenvalue weighted by molar-refractivity contribution is -0.0460. The van der Waals surface area contributed by atoms with Crippen LogP contribution in [0.2, 0.25) is 0 Å². The van der Waals surface area contributed by atoms with Crippen LogP contribution in [-0.2, 0) is 4.74 Å². The molecule has 2 nitrogen and oxygen atoms in total. The monoisotopic (exact) mass is 220 g/mol. The number of aryl methyl sites for hydroxylation is 2. The van der Waals surface area contributed by atoms with Crippen LogP contribution in [0.5, 0.6) is 0 Å². The van der Waals surface area contributed by atoms with Crippen LogP contribution >= 0.6 is 0 Å². The maximum absolute atomic E-state index is 9.39. The first-order valence-electron chi connectivity index (χ1n) is 6.02. The zero-order chi connectivity index (χ0) is 11.5. The van der Waals surface area contributed by atoms with Gasteiger partial charge in [-0.1, -0.05) is 23.8 Å². The van der Waals surface area contributed by atoms with Gasteiger partial charge in [-0.3, -0.25) is 0 Å². The summed E-state index contributed by atoms with van der Waals surface area (Å²) in [5, 5.41) is 9.39. The highest BCUT2D eigenvalue weighted by Gasteiger charge is 2.27. The molecule has 2 heteroatoms. The molecule has 1 fully saturated rings. The van der Waals surface area contributed by atoms with Crippen LogP contribution in [0.4, 0.5) is 0 Å². The van der Waals surface area contributed by atoms with E-state index in [-0.39, 0.29) is 18.6 Å². The van der Waals surface area contributed by atoms with Gasteiger partial charge in [-0.2, -0.15) is 0 Å². The first kappa shape index (κ1) is 11.6. The molecule has 1 aliphatic heterocycles. The Bertz CT molecular complexity index is 360. The molecule has 16 heavy (non-hydrogen) atoms. The smallest absolute Gasteiger partial charge is 0.0877 e. The Morgan fingerprint density at radius 1 is 1.38 bits per heavy atom. The molecule has 0 spiro atoms. The van der Waals surface area contributed by atoms with E-state index in [2.05, 4.69) is 32.0 Å². The fourth-order valence-corrected chi connectivity index (χ4v) is 2.52. The lowest BCUT2D eigenvalue weighted by Crippen LogP contribution is -2.25. The summed E-state index contributed by atoms with van der Waals surface area (Å²) >= 11 is 0. The van der Waals surface area contributed by atoms with Crippen LogP contribution in [0.3, 0.4) is 0 Å². The Hall–Kier alpha value is -0.860. The molecule has 0 amide bonds. The Morgan fingerprint density at radius 3 is 2.88 bits per heavy atom. The van der Waals surface area contributed by atoms with E-state index in [0.29, 0.717) is 0 Å². The van der Waals surface area contributed by atoms with E-state index in [9.17, 15) is 5.11 Å². The Kier molecular flexibility index (Phi) is 3.62. The fourth-order valence-electron chi connectivity index (χ4n) is 2.52. The zero-order valence-corrected chi connectivity index (χ0v) is 10.1. The minimum atomic E-state index is 0.0827. The van der Waals surface area contributed by atoms with E-state index in [1.165, 1.54) is 16.7 Å². The second-order valence-corrected chi connectivity index (χ2v) is 4.74. The lowest BCUT2D eigenvalue weighted by Gasteiger charge is -2.31. The van der Waals surface area contributed by atoms with Crippen molar-refractivity contribution in [1.82, 2.24) is 0 Å². The molecule has 0 aliphatic carbocycles. The van der Waals surface area contributed by atoms with Gasteiger partial charge in [0.25, 0.3) is 0 Å². The van der Waals surface area contributed by atoms with Crippen molar-refractivity contribution in [2.24, 2.45) is 5.92 Å². The molecule has 1 heterocycles. The quantitative estimate of drug-likeness (QED) is 0.830. The van der Waals surface area contributed by atoms with Gasteiger partial charge in [0, 0.05) is 19.1 Å². The van der Waals surface area contributed by atoms with Gasteiger partial charge in [-0.15, -0.1) is 0 Å². The van der Waals surface area contributed by atoms with E-state index >= 15 is 0 Å². The lowest BCUT2D eigenvalue weighted by atomic mass is 9.88. The summed E-state index contributed by atoms with van der Waals surface area (Å²) < 4.78 is 5.83. The standard InChI is InChI=1S/C14H20O2/c1-10-5-6-13(11(2)8-10)14-12(9-15)4-3-7-16-14/h5-6,8,12,14-15H,3-4,7,9H2,1-2H3. The van der Waals surface area contributed by atoms with Crippen LogP contribution in [0, 0.1) is 19.8 Å². The number of benzene rings is 1. The van der Waals surface area contributed by atoms with Gasteiger partial charge >= 0.3 is 0 Å². The Balaban J connectivity index is 2.27. The minimum Gasteiger partial charge on any atom is -0.396 e. The average molecular weight is 220 g/mol. The van der Waals surface area contributed by atoms with Crippen molar-refractivity contribution in [2.45, 2.75) is 32.8 Å². The topological polar surface area (TPSA) is 29.5 Å². The summed E-state index contributed by atoms with van der Waals surface area (Å²) in [7, 11) is 0. The van der Waals surface area contributed by atoms with Crippen molar-refractivity contribution < 1.29 is 9.84 Å². The molecule has 2 atom stereocenters. The third-order valence-electron chi connectivity index (χ3n) is 3.41. The summed E-state index contributed by atoms with van der Waals surface area (Å²) in [6, 6.07) is 6.44. The SMILES string of the molecule is Cc1ccc(C2OCCCC2CO)c(C)c1. The zero-order valence-electron chi connectivity index (χ0n) is 10.1. The van der Waals surface area contributed by atoms with Gasteiger partial charge in [-0.05, 0) is 37.8 Å². The molecule has 1 aromatic carbocycles. The number of hydrogen-bond donors (Lipinski definition) is 1. The van der Waals surface area contributed by atoms with E-state index in [1.807, 2.05) is 0 Å². The summed E-state index contributed by atoms with van der Waals surface area (Å²) in [6.45, 7) is 5.25. The maximum atomic E-state index is 9.39. The minimum absolute atomic E-state index is 0.0827. The molecule has 0 aromatic heterocycles. The van der Waals surface area contributed by atoms with E-state index < -0.39 is 0 Å². The van der Waals surface area contributed by atoms with Crippen molar-refractivity contribution in [3.05, 3.63) is 34.9 Å². The van der Waals surface area contributed by atoms with Crippen LogP contribution in [0.1, 0.15) is 35.6 Å². The highest BCUT2D eigenvalue weighted by molar-refractivity contribution is 5.32. The third kappa shape index (κ3) is 2.28.